The van der Waals surface area contributed by atoms with Crippen LogP contribution in [0.1, 0.15) is 24.1 Å². The minimum absolute atomic E-state index is 0.0235. The zero-order valence-electron chi connectivity index (χ0n) is 12.2. The summed E-state index contributed by atoms with van der Waals surface area (Å²) in [5, 5.41) is 2.97. The van der Waals surface area contributed by atoms with Gasteiger partial charge in [-0.25, -0.2) is 4.39 Å². The van der Waals surface area contributed by atoms with Gasteiger partial charge in [-0.05, 0) is 36.2 Å². The summed E-state index contributed by atoms with van der Waals surface area (Å²) in [6.45, 7) is 1.95. The number of carbonyl (C=O) groups excluding carboxylic acids is 1. The summed E-state index contributed by atoms with van der Waals surface area (Å²) >= 11 is 4.96. The number of nitrogens with one attached hydrogen (secondary N) is 1. The molecule has 0 radical (unpaired) electrons. The molecule has 116 valence electrons. The van der Waals surface area contributed by atoms with Crippen LogP contribution in [0.2, 0.25) is 0 Å². The second kappa shape index (κ2) is 8.34. The highest BCUT2D eigenvalue weighted by Crippen LogP contribution is 2.23. The molecule has 0 fully saturated rings. The number of hydrogen-bond donors (Lipinski definition) is 1. The number of halogens is 2. The largest absolute Gasteiger partial charge is 0.349 e. The summed E-state index contributed by atoms with van der Waals surface area (Å²) in [7, 11) is 0. The molecule has 2 nitrogen and oxygen atoms in total. The molecule has 0 aliphatic heterocycles. The first-order valence-electron chi connectivity index (χ1n) is 6.92. The third-order valence-corrected chi connectivity index (χ3v) is 4.87. The van der Waals surface area contributed by atoms with Gasteiger partial charge in [-0.15, -0.1) is 11.8 Å². The zero-order valence-corrected chi connectivity index (χ0v) is 14.6. The summed E-state index contributed by atoms with van der Waals surface area (Å²) < 4.78 is 14.0. The highest BCUT2D eigenvalue weighted by atomic mass is 79.9. The molecule has 0 unspecified atom stereocenters. The molecule has 1 atom stereocenters. The number of carbonyl (C=O) groups is 1. The van der Waals surface area contributed by atoms with E-state index in [0.717, 1.165) is 15.6 Å². The van der Waals surface area contributed by atoms with Gasteiger partial charge in [0.1, 0.15) is 5.82 Å². The van der Waals surface area contributed by atoms with Crippen LogP contribution < -0.4 is 5.32 Å². The Kier molecular flexibility index (Phi) is 6.46. The van der Waals surface area contributed by atoms with E-state index in [-0.39, 0.29) is 17.8 Å². The number of rotatable bonds is 6. The topological polar surface area (TPSA) is 29.1 Å². The van der Waals surface area contributed by atoms with Crippen LogP contribution in [0.15, 0.2) is 53.0 Å². The van der Waals surface area contributed by atoms with Crippen molar-refractivity contribution in [2.75, 3.05) is 5.75 Å². The Bertz CT molecular complexity index is 650. The van der Waals surface area contributed by atoms with Gasteiger partial charge in [0.2, 0.25) is 5.91 Å². The number of benzene rings is 2. The molecule has 0 aliphatic carbocycles. The van der Waals surface area contributed by atoms with Crippen molar-refractivity contribution in [1.82, 2.24) is 5.32 Å². The molecule has 2 aromatic rings. The van der Waals surface area contributed by atoms with Gasteiger partial charge in [-0.1, -0.05) is 46.3 Å². The third-order valence-electron chi connectivity index (χ3n) is 3.14. The predicted octanol–water partition coefficient (Wildman–Crippen LogP) is 4.70. The van der Waals surface area contributed by atoms with Gasteiger partial charge < -0.3 is 5.32 Å². The third kappa shape index (κ3) is 5.14. The average molecular weight is 382 g/mol. The van der Waals surface area contributed by atoms with E-state index >= 15 is 0 Å². The Morgan fingerprint density at radius 2 is 2.05 bits per heavy atom. The van der Waals surface area contributed by atoms with E-state index in [1.54, 1.807) is 6.07 Å². The SMILES string of the molecule is C[C@@H](NC(=O)CSCc1cccc(F)c1)c1ccccc1Br. The first-order chi connectivity index (χ1) is 10.6. The molecule has 0 saturated heterocycles. The van der Waals surface area contributed by atoms with Gasteiger partial charge in [0.05, 0.1) is 11.8 Å². The lowest BCUT2D eigenvalue weighted by molar-refractivity contribution is -0.119. The minimum Gasteiger partial charge on any atom is -0.349 e. The zero-order chi connectivity index (χ0) is 15.9. The van der Waals surface area contributed by atoms with Gasteiger partial charge in [-0.2, -0.15) is 0 Å². The van der Waals surface area contributed by atoms with Crippen LogP contribution >= 0.6 is 27.7 Å². The van der Waals surface area contributed by atoms with Gasteiger partial charge in [0.25, 0.3) is 0 Å². The van der Waals surface area contributed by atoms with Crippen LogP contribution in [0.5, 0.6) is 0 Å². The Balaban J connectivity index is 1.79. The van der Waals surface area contributed by atoms with E-state index in [1.165, 1.54) is 23.9 Å². The molecule has 0 spiro atoms. The molecule has 0 saturated carbocycles. The second-order valence-electron chi connectivity index (χ2n) is 4.93. The van der Waals surface area contributed by atoms with E-state index < -0.39 is 0 Å². The first kappa shape index (κ1) is 17.0. The van der Waals surface area contributed by atoms with Gasteiger partial charge >= 0.3 is 0 Å². The van der Waals surface area contributed by atoms with Crippen LogP contribution in [0, 0.1) is 5.82 Å². The minimum atomic E-state index is -0.245. The van der Waals surface area contributed by atoms with Crippen molar-refractivity contribution in [2.24, 2.45) is 0 Å². The van der Waals surface area contributed by atoms with Crippen molar-refractivity contribution in [3.05, 3.63) is 69.9 Å². The summed E-state index contributed by atoms with van der Waals surface area (Å²) in [5.74, 6) is 0.703. The van der Waals surface area contributed by atoms with E-state index in [4.69, 9.17) is 0 Å². The highest BCUT2D eigenvalue weighted by molar-refractivity contribution is 9.10. The van der Waals surface area contributed by atoms with Crippen LogP contribution in [0.25, 0.3) is 0 Å². The summed E-state index contributed by atoms with van der Waals surface area (Å²) in [4.78, 5) is 12.0. The Morgan fingerprint density at radius 1 is 1.27 bits per heavy atom. The second-order valence-corrected chi connectivity index (χ2v) is 6.77. The molecular weight excluding hydrogens is 365 g/mol. The van der Waals surface area contributed by atoms with Gasteiger partial charge in [-0.3, -0.25) is 4.79 Å². The molecule has 2 aromatic carbocycles. The van der Waals surface area contributed by atoms with Crippen molar-refractivity contribution in [1.29, 1.82) is 0 Å². The van der Waals surface area contributed by atoms with Crippen LogP contribution in [0.4, 0.5) is 4.39 Å². The fraction of sp³-hybridized carbons (Fsp3) is 0.235. The van der Waals surface area contributed by atoms with Crippen molar-refractivity contribution in [2.45, 2.75) is 18.7 Å². The number of thioether (sulfide) groups is 1. The van der Waals surface area contributed by atoms with Gasteiger partial charge in [0.15, 0.2) is 0 Å². The maximum absolute atomic E-state index is 13.1. The van der Waals surface area contributed by atoms with Crippen molar-refractivity contribution in [3.63, 3.8) is 0 Å². The monoisotopic (exact) mass is 381 g/mol. The lowest BCUT2D eigenvalue weighted by Gasteiger charge is -2.15. The lowest BCUT2D eigenvalue weighted by Crippen LogP contribution is -2.28. The molecule has 0 bridgehead atoms. The van der Waals surface area contributed by atoms with E-state index in [2.05, 4.69) is 21.2 Å². The summed E-state index contributed by atoms with van der Waals surface area (Å²) in [5.41, 5.74) is 1.93. The quantitative estimate of drug-likeness (QED) is 0.785. The van der Waals surface area contributed by atoms with Gasteiger partial charge in [0, 0.05) is 10.2 Å². The van der Waals surface area contributed by atoms with Crippen molar-refractivity contribution in [3.8, 4) is 0 Å². The lowest BCUT2D eigenvalue weighted by atomic mass is 10.1. The maximum Gasteiger partial charge on any atom is 0.230 e. The van der Waals surface area contributed by atoms with Crippen LogP contribution in [-0.2, 0) is 10.5 Å². The summed E-state index contributed by atoms with van der Waals surface area (Å²) in [6, 6.07) is 14.2. The average Bonchev–Trinajstić information content (AvgIpc) is 2.47. The molecule has 2 rings (SSSR count). The molecule has 0 heterocycles. The predicted molar refractivity (Wildman–Crippen MR) is 93.3 cm³/mol. The first-order valence-corrected chi connectivity index (χ1v) is 8.87. The maximum atomic E-state index is 13.1. The molecule has 1 amide bonds. The number of hydrogen-bond acceptors (Lipinski definition) is 2. The van der Waals surface area contributed by atoms with E-state index in [1.807, 2.05) is 37.3 Å². The molecular formula is C17H17BrFNOS. The molecule has 0 aromatic heterocycles. The Hall–Kier alpha value is -1.33. The molecule has 0 aliphatic rings. The fourth-order valence-electron chi connectivity index (χ4n) is 2.08. The summed E-state index contributed by atoms with van der Waals surface area (Å²) in [6.07, 6.45) is 0. The Morgan fingerprint density at radius 3 is 2.77 bits per heavy atom. The van der Waals surface area contributed by atoms with E-state index in [0.29, 0.717) is 11.5 Å². The van der Waals surface area contributed by atoms with Crippen LogP contribution in [0.3, 0.4) is 0 Å². The molecule has 22 heavy (non-hydrogen) atoms. The molecule has 5 heteroatoms. The standard InChI is InChI=1S/C17H17BrFNOS/c1-12(15-7-2-3-8-16(15)18)20-17(21)11-22-10-13-5-4-6-14(19)9-13/h2-9,12H,10-11H2,1H3,(H,20,21)/t12-/m1/s1. The number of amides is 1. The normalized spacial score (nSPS) is 12.0. The van der Waals surface area contributed by atoms with Crippen molar-refractivity contribution >= 4 is 33.6 Å². The Labute approximate surface area is 142 Å². The highest BCUT2D eigenvalue weighted by Gasteiger charge is 2.11. The molecule has 1 N–H and O–H groups in total. The smallest absolute Gasteiger partial charge is 0.230 e. The van der Waals surface area contributed by atoms with E-state index in [9.17, 15) is 9.18 Å². The van der Waals surface area contributed by atoms with Crippen molar-refractivity contribution < 1.29 is 9.18 Å². The van der Waals surface area contributed by atoms with Crippen LogP contribution in [-0.4, -0.2) is 11.7 Å². The fourth-order valence-corrected chi connectivity index (χ4v) is 3.49.